The number of halogens is 3. The summed E-state index contributed by atoms with van der Waals surface area (Å²) in [6.07, 6.45) is -3.56. The molecule has 8 nitrogen and oxygen atoms in total. The van der Waals surface area contributed by atoms with E-state index in [1.54, 1.807) is 12.4 Å². The van der Waals surface area contributed by atoms with Gasteiger partial charge < -0.3 is 25.1 Å². The van der Waals surface area contributed by atoms with Crippen LogP contribution >= 0.6 is 11.3 Å². The molecular formula is C19H17F3N4O4S. The van der Waals surface area contributed by atoms with E-state index in [4.69, 9.17) is 4.42 Å². The summed E-state index contributed by atoms with van der Waals surface area (Å²) in [7, 11) is 3.06. The lowest BCUT2D eigenvalue weighted by Crippen LogP contribution is -2.22. The van der Waals surface area contributed by atoms with Crippen LogP contribution in [0.25, 0.3) is 11.3 Å². The monoisotopic (exact) mass is 454 g/mol. The van der Waals surface area contributed by atoms with Crippen LogP contribution in [0.1, 0.15) is 15.9 Å². The van der Waals surface area contributed by atoms with Crippen molar-refractivity contribution in [3.05, 3.63) is 47.0 Å². The minimum atomic E-state index is -4.76. The van der Waals surface area contributed by atoms with Crippen molar-refractivity contribution >= 4 is 34.2 Å². The first-order chi connectivity index (χ1) is 14.7. The molecular weight excluding hydrogens is 437 g/mol. The lowest BCUT2D eigenvalue weighted by Gasteiger charge is -2.08. The topological polar surface area (TPSA) is 105 Å². The number of carbonyl (C=O) groups excluding carboxylic acids is 2. The smallest absolute Gasteiger partial charge is 0.448 e. The molecule has 0 radical (unpaired) electrons. The molecule has 0 atom stereocenters. The first-order valence-corrected chi connectivity index (χ1v) is 9.70. The number of amides is 2. The van der Waals surface area contributed by atoms with Crippen molar-refractivity contribution in [2.24, 2.45) is 0 Å². The molecule has 1 aromatic carbocycles. The number of nitrogens with zero attached hydrogens (tertiary/aromatic N) is 1. The Bertz CT molecular complexity index is 1080. The Labute approximate surface area is 178 Å². The molecule has 0 unspecified atom stereocenters. The third kappa shape index (κ3) is 5.54. The van der Waals surface area contributed by atoms with Gasteiger partial charge in [0, 0.05) is 30.6 Å². The normalized spacial score (nSPS) is 11.1. The Kier molecular flexibility index (Phi) is 6.49. The molecule has 0 bridgehead atoms. The van der Waals surface area contributed by atoms with Crippen molar-refractivity contribution in [3.63, 3.8) is 0 Å². The zero-order valence-corrected chi connectivity index (χ0v) is 17.1. The van der Waals surface area contributed by atoms with Crippen LogP contribution in [0.5, 0.6) is 5.75 Å². The van der Waals surface area contributed by atoms with E-state index in [1.165, 1.54) is 37.6 Å². The van der Waals surface area contributed by atoms with E-state index in [1.807, 2.05) is 0 Å². The van der Waals surface area contributed by atoms with Crippen molar-refractivity contribution in [2.75, 3.05) is 24.7 Å². The Balaban J connectivity index is 1.67. The number of furan rings is 1. The van der Waals surface area contributed by atoms with E-state index < -0.39 is 18.2 Å². The standard InChI is InChI=1S/C19H17F3N4O4S/c1-23-16(28)15-11(8-29-17(15)24-2)7-14(27)26-18-25-13(9-31-18)10-3-5-12(6-4-10)30-19(20,21)22/h3-6,8-9,24H,7H2,1-2H3,(H,23,28)(H,25,26,27). The molecule has 0 aliphatic heterocycles. The summed E-state index contributed by atoms with van der Waals surface area (Å²) >= 11 is 1.15. The van der Waals surface area contributed by atoms with Crippen molar-refractivity contribution in [1.29, 1.82) is 0 Å². The van der Waals surface area contributed by atoms with Crippen LogP contribution in [0.15, 0.2) is 40.3 Å². The lowest BCUT2D eigenvalue weighted by molar-refractivity contribution is -0.274. The van der Waals surface area contributed by atoms with Crippen molar-refractivity contribution < 1.29 is 31.9 Å². The second kappa shape index (κ2) is 9.08. The third-order valence-corrected chi connectivity index (χ3v) is 4.79. The second-order valence-electron chi connectivity index (χ2n) is 6.13. The molecule has 3 aromatic rings. The fraction of sp³-hybridized carbons (Fsp3) is 0.211. The van der Waals surface area contributed by atoms with E-state index in [0.717, 1.165) is 11.3 Å². The SMILES string of the molecule is CNC(=O)c1c(CC(=O)Nc2nc(-c3ccc(OC(F)(F)F)cc3)cs2)coc1NC. The second-order valence-corrected chi connectivity index (χ2v) is 6.99. The minimum absolute atomic E-state index is 0.119. The molecule has 3 rings (SSSR count). The molecule has 3 N–H and O–H groups in total. The van der Waals surface area contributed by atoms with E-state index >= 15 is 0 Å². The fourth-order valence-corrected chi connectivity index (χ4v) is 3.45. The molecule has 164 valence electrons. The zero-order valence-electron chi connectivity index (χ0n) is 16.3. The molecule has 0 saturated carbocycles. The van der Waals surface area contributed by atoms with Gasteiger partial charge in [0.1, 0.15) is 11.3 Å². The highest BCUT2D eigenvalue weighted by molar-refractivity contribution is 7.14. The third-order valence-electron chi connectivity index (χ3n) is 4.03. The van der Waals surface area contributed by atoms with Crippen LogP contribution in [0.2, 0.25) is 0 Å². The van der Waals surface area contributed by atoms with Gasteiger partial charge in [-0.2, -0.15) is 0 Å². The van der Waals surface area contributed by atoms with Gasteiger partial charge in [0.15, 0.2) is 5.13 Å². The molecule has 0 saturated heterocycles. The Morgan fingerprint density at radius 3 is 2.52 bits per heavy atom. The summed E-state index contributed by atoms with van der Waals surface area (Å²) in [5.41, 5.74) is 1.67. The first kappa shape index (κ1) is 22.2. The van der Waals surface area contributed by atoms with Gasteiger partial charge in [0.25, 0.3) is 5.91 Å². The van der Waals surface area contributed by atoms with E-state index in [0.29, 0.717) is 22.0 Å². The highest BCUT2D eigenvalue weighted by atomic mass is 32.1. The predicted molar refractivity (Wildman–Crippen MR) is 108 cm³/mol. The quantitative estimate of drug-likeness (QED) is 0.500. The van der Waals surface area contributed by atoms with Crippen molar-refractivity contribution in [2.45, 2.75) is 12.8 Å². The number of rotatable bonds is 7. The zero-order chi connectivity index (χ0) is 22.6. The molecule has 2 amide bonds. The number of aromatic nitrogens is 1. The summed E-state index contributed by atoms with van der Waals surface area (Å²) in [4.78, 5) is 28.7. The van der Waals surface area contributed by atoms with Gasteiger partial charge in [0.05, 0.1) is 18.4 Å². The Morgan fingerprint density at radius 2 is 1.90 bits per heavy atom. The molecule has 0 aliphatic rings. The predicted octanol–water partition coefficient (Wildman–Crippen LogP) is 3.88. The summed E-state index contributed by atoms with van der Waals surface area (Å²) in [6.45, 7) is 0. The minimum Gasteiger partial charge on any atom is -0.448 e. The van der Waals surface area contributed by atoms with E-state index in [2.05, 4.69) is 25.7 Å². The average molecular weight is 454 g/mol. The lowest BCUT2D eigenvalue weighted by atomic mass is 10.1. The maximum absolute atomic E-state index is 12.4. The van der Waals surface area contributed by atoms with E-state index in [9.17, 15) is 22.8 Å². The molecule has 2 heterocycles. The molecule has 31 heavy (non-hydrogen) atoms. The molecule has 12 heteroatoms. The highest BCUT2D eigenvalue weighted by Crippen LogP contribution is 2.29. The van der Waals surface area contributed by atoms with Crippen LogP contribution < -0.4 is 20.7 Å². The van der Waals surface area contributed by atoms with Gasteiger partial charge in [-0.25, -0.2) is 4.98 Å². The van der Waals surface area contributed by atoms with Gasteiger partial charge in [-0.05, 0) is 24.3 Å². The van der Waals surface area contributed by atoms with Gasteiger partial charge >= 0.3 is 6.36 Å². The Hall–Kier alpha value is -3.54. The maximum Gasteiger partial charge on any atom is 0.573 e. The molecule has 0 aliphatic carbocycles. The Morgan fingerprint density at radius 1 is 1.19 bits per heavy atom. The van der Waals surface area contributed by atoms with E-state index in [-0.39, 0.29) is 23.6 Å². The number of hydrogen-bond donors (Lipinski definition) is 3. The fourth-order valence-electron chi connectivity index (χ4n) is 2.71. The maximum atomic E-state index is 12.4. The number of thiazole rings is 1. The van der Waals surface area contributed by atoms with Crippen LogP contribution in [-0.2, 0) is 11.2 Å². The highest BCUT2D eigenvalue weighted by Gasteiger charge is 2.31. The number of hydrogen-bond acceptors (Lipinski definition) is 7. The van der Waals surface area contributed by atoms with Crippen LogP contribution in [0, 0.1) is 0 Å². The number of carbonyl (C=O) groups is 2. The average Bonchev–Trinajstić information content (AvgIpc) is 3.33. The molecule has 0 fully saturated rings. The first-order valence-electron chi connectivity index (χ1n) is 8.82. The largest absolute Gasteiger partial charge is 0.573 e. The summed E-state index contributed by atoms with van der Waals surface area (Å²) in [5.74, 6) is -0.900. The summed E-state index contributed by atoms with van der Waals surface area (Å²) < 4.78 is 45.9. The van der Waals surface area contributed by atoms with Crippen LogP contribution in [-0.4, -0.2) is 37.3 Å². The molecule has 2 aromatic heterocycles. The number of ether oxygens (including phenoxy) is 1. The van der Waals surface area contributed by atoms with Crippen molar-refractivity contribution in [3.8, 4) is 17.0 Å². The number of benzene rings is 1. The van der Waals surface area contributed by atoms with Gasteiger partial charge in [-0.15, -0.1) is 24.5 Å². The van der Waals surface area contributed by atoms with Crippen molar-refractivity contribution in [1.82, 2.24) is 10.3 Å². The van der Waals surface area contributed by atoms with Crippen LogP contribution in [0.3, 0.4) is 0 Å². The van der Waals surface area contributed by atoms with Gasteiger partial charge in [-0.1, -0.05) is 0 Å². The van der Waals surface area contributed by atoms with Crippen LogP contribution in [0.4, 0.5) is 24.2 Å². The number of alkyl halides is 3. The molecule has 0 spiro atoms. The number of nitrogens with one attached hydrogen (secondary N) is 3. The van der Waals surface area contributed by atoms with Gasteiger partial charge in [-0.3, -0.25) is 9.59 Å². The van der Waals surface area contributed by atoms with Gasteiger partial charge in [0.2, 0.25) is 11.8 Å². The summed E-state index contributed by atoms with van der Waals surface area (Å²) in [6, 6.07) is 5.22. The summed E-state index contributed by atoms with van der Waals surface area (Å²) in [5, 5.41) is 9.83. The number of anilines is 2.